The van der Waals surface area contributed by atoms with Gasteiger partial charge in [-0.15, -0.1) is 5.10 Å². The summed E-state index contributed by atoms with van der Waals surface area (Å²) < 4.78 is 1.76. The fourth-order valence-corrected chi connectivity index (χ4v) is 4.17. The maximum atomic E-state index is 6.08. The zero-order valence-electron chi connectivity index (χ0n) is 13.5. The van der Waals surface area contributed by atoms with Crippen LogP contribution in [0.4, 0.5) is 0 Å². The summed E-state index contributed by atoms with van der Waals surface area (Å²) in [7, 11) is 0. The SMILES string of the molecule is Clc1ccc(-n2cc(CN3CCC4(CCNCC4)C3)nn2)cc1Cl. The largest absolute Gasteiger partial charge is 0.317 e. The molecular formula is C17H21Cl2N5. The summed E-state index contributed by atoms with van der Waals surface area (Å²) in [6.45, 7) is 5.49. The van der Waals surface area contributed by atoms with Crippen LogP contribution in [0.3, 0.4) is 0 Å². The average Bonchev–Trinajstić information content (AvgIpc) is 3.19. The van der Waals surface area contributed by atoms with Crippen LogP contribution in [0.1, 0.15) is 25.0 Å². The Labute approximate surface area is 151 Å². The highest BCUT2D eigenvalue weighted by Crippen LogP contribution is 2.38. The molecular weight excluding hydrogens is 345 g/mol. The number of benzene rings is 1. The van der Waals surface area contributed by atoms with Gasteiger partial charge in [-0.1, -0.05) is 28.4 Å². The zero-order valence-corrected chi connectivity index (χ0v) is 15.0. The minimum Gasteiger partial charge on any atom is -0.317 e. The fourth-order valence-electron chi connectivity index (χ4n) is 3.88. The van der Waals surface area contributed by atoms with Crippen LogP contribution in [0.2, 0.25) is 10.0 Å². The van der Waals surface area contributed by atoms with E-state index in [1.165, 1.54) is 25.8 Å². The predicted octanol–water partition coefficient (Wildman–Crippen LogP) is 3.15. The molecule has 5 nitrogen and oxygen atoms in total. The van der Waals surface area contributed by atoms with Crippen molar-refractivity contribution in [1.82, 2.24) is 25.2 Å². The van der Waals surface area contributed by atoms with Gasteiger partial charge in [-0.05, 0) is 62.5 Å². The van der Waals surface area contributed by atoms with Gasteiger partial charge in [0, 0.05) is 13.1 Å². The molecule has 0 bridgehead atoms. The van der Waals surface area contributed by atoms with Crippen LogP contribution < -0.4 is 5.32 Å². The van der Waals surface area contributed by atoms with Gasteiger partial charge in [0.1, 0.15) is 0 Å². The molecule has 4 rings (SSSR count). The van der Waals surface area contributed by atoms with E-state index >= 15 is 0 Å². The Balaban J connectivity index is 1.43. The maximum Gasteiger partial charge on any atom is 0.0971 e. The van der Waals surface area contributed by atoms with E-state index in [9.17, 15) is 0 Å². The third kappa shape index (κ3) is 3.31. The molecule has 1 aromatic carbocycles. The molecule has 1 aromatic heterocycles. The second-order valence-corrected chi connectivity index (χ2v) is 7.78. The van der Waals surface area contributed by atoms with Gasteiger partial charge in [0.05, 0.1) is 27.6 Å². The van der Waals surface area contributed by atoms with E-state index in [2.05, 4.69) is 20.5 Å². The van der Waals surface area contributed by atoms with Crippen LogP contribution in [-0.2, 0) is 6.54 Å². The molecule has 0 amide bonds. The summed E-state index contributed by atoms with van der Waals surface area (Å²) >= 11 is 12.1. The molecule has 2 aromatic rings. The highest BCUT2D eigenvalue weighted by Gasteiger charge is 2.38. The van der Waals surface area contributed by atoms with Gasteiger partial charge in [0.25, 0.3) is 0 Å². The molecule has 24 heavy (non-hydrogen) atoms. The first-order chi connectivity index (χ1) is 11.6. The second kappa shape index (κ2) is 6.64. The molecule has 0 saturated carbocycles. The zero-order chi connectivity index (χ0) is 16.6. The molecule has 2 aliphatic rings. The molecule has 0 radical (unpaired) electrons. The van der Waals surface area contributed by atoms with Crippen molar-refractivity contribution in [2.75, 3.05) is 26.2 Å². The number of rotatable bonds is 3. The van der Waals surface area contributed by atoms with Crippen LogP contribution in [0, 0.1) is 5.41 Å². The molecule has 0 atom stereocenters. The number of piperidine rings is 1. The molecule has 0 aliphatic carbocycles. The lowest BCUT2D eigenvalue weighted by Gasteiger charge is -2.33. The van der Waals surface area contributed by atoms with Crippen LogP contribution in [-0.4, -0.2) is 46.1 Å². The first kappa shape index (κ1) is 16.3. The maximum absolute atomic E-state index is 6.08. The van der Waals surface area contributed by atoms with E-state index < -0.39 is 0 Å². The van der Waals surface area contributed by atoms with Gasteiger partial charge in [0.15, 0.2) is 0 Å². The monoisotopic (exact) mass is 365 g/mol. The van der Waals surface area contributed by atoms with Crippen molar-refractivity contribution in [2.24, 2.45) is 5.41 Å². The minimum absolute atomic E-state index is 0.519. The van der Waals surface area contributed by atoms with Crippen molar-refractivity contribution in [2.45, 2.75) is 25.8 Å². The number of hydrogen-bond acceptors (Lipinski definition) is 4. The number of hydrogen-bond donors (Lipinski definition) is 1. The molecule has 1 spiro atoms. The lowest BCUT2D eigenvalue weighted by Crippen LogP contribution is -2.38. The van der Waals surface area contributed by atoms with E-state index in [0.29, 0.717) is 15.5 Å². The van der Waals surface area contributed by atoms with Crippen molar-refractivity contribution < 1.29 is 0 Å². The summed E-state index contributed by atoms with van der Waals surface area (Å²) in [5.74, 6) is 0. The van der Waals surface area contributed by atoms with Gasteiger partial charge in [0.2, 0.25) is 0 Å². The van der Waals surface area contributed by atoms with E-state index in [4.69, 9.17) is 23.2 Å². The van der Waals surface area contributed by atoms with Crippen molar-refractivity contribution in [3.63, 3.8) is 0 Å². The summed E-state index contributed by atoms with van der Waals surface area (Å²) in [5.41, 5.74) is 2.39. The third-order valence-corrected chi connectivity index (χ3v) is 6.01. The molecule has 2 aliphatic heterocycles. The highest BCUT2D eigenvalue weighted by molar-refractivity contribution is 6.42. The lowest BCUT2D eigenvalue weighted by atomic mass is 9.78. The number of nitrogens with one attached hydrogen (secondary N) is 1. The molecule has 3 heterocycles. The number of aromatic nitrogens is 3. The summed E-state index contributed by atoms with van der Waals surface area (Å²) in [5, 5.41) is 13.1. The van der Waals surface area contributed by atoms with Gasteiger partial charge in [-0.2, -0.15) is 0 Å². The second-order valence-electron chi connectivity index (χ2n) is 6.96. The molecule has 2 saturated heterocycles. The van der Waals surface area contributed by atoms with E-state index in [-0.39, 0.29) is 0 Å². The van der Waals surface area contributed by atoms with Crippen molar-refractivity contribution in [3.8, 4) is 5.69 Å². The smallest absolute Gasteiger partial charge is 0.0971 e. The Morgan fingerprint density at radius 3 is 2.75 bits per heavy atom. The lowest BCUT2D eigenvalue weighted by molar-refractivity contribution is 0.193. The van der Waals surface area contributed by atoms with Crippen molar-refractivity contribution in [3.05, 3.63) is 40.1 Å². The highest BCUT2D eigenvalue weighted by atomic mass is 35.5. The molecule has 7 heteroatoms. The van der Waals surface area contributed by atoms with E-state index in [1.54, 1.807) is 10.7 Å². The normalized spacial score (nSPS) is 20.8. The minimum atomic E-state index is 0.519. The van der Waals surface area contributed by atoms with Crippen LogP contribution in [0.5, 0.6) is 0 Å². The molecule has 2 fully saturated rings. The topological polar surface area (TPSA) is 46.0 Å². The van der Waals surface area contributed by atoms with Crippen LogP contribution in [0.15, 0.2) is 24.4 Å². The molecule has 128 valence electrons. The van der Waals surface area contributed by atoms with E-state index in [0.717, 1.165) is 37.6 Å². The molecule has 0 unspecified atom stereocenters. The van der Waals surface area contributed by atoms with Gasteiger partial charge < -0.3 is 5.32 Å². The standard InChI is InChI=1S/C17H21Cl2N5/c18-15-2-1-14(9-16(15)19)24-11-13(21-22-24)10-23-8-5-17(12-23)3-6-20-7-4-17/h1-2,9,11,20H,3-8,10,12H2. The Kier molecular flexibility index (Phi) is 4.52. The Hall–Kier alpha value is -1.14. The first-order valence-corrected chi connectivity index (χ1v) is 9.19. The Bertz CT molecular complexity index is 724. The first-order valence-electron chi connectivity index (χ1n) is 8.43. The fraction of sp³-hybridized carbons (Fsp3) is 0.529. The number of likely N-dealkylation sites (tertiary alicyclic amines) is 1. The molecule has 1 N–H and O–H groups in total. The number of halogens is 2. The van der Waals surface area contributed by atoms with Gasteiger partial charge in [-0.25, -0.2) is 4.68 Å². The number of nitrogens with zero attached hydrogens (tertiary/aromatic N) is 4. The summed E-state index contributed by atoms with van der Waals surface area (Å²) in [6.07, 6.45) is 5.86. The summed E-state index contributed by atoms with van der Waals surface area (Å²) in [6, 6.07) is 5.48. The summed E-state index contributed by atoms with van der Waals surface area (Å²) in [4.78, 5) is 2.51. The quantitative estimate of drug-likeness (QED) is 0.907. The van der Waals surface area contributed by atoms with E-state index in [1.807, 2.05) is 18.3 Å². The van der Waals surface area contributed by atoms with Crippen molar-refractivity contribution >= 4 is 23.2 Å². The Morgan fingerprint density at radius 1 is 1.12 bits per heavy atom. The van der Waals surface area contributed by atoms with Gasteiger partial charge >= 0.3 is 0 Å². The Morgan fingerprint density at radius 2 is 1.96 bits per heavy atom. The van der Waals surface area contributed by atoms with Gasteiger partial charge in [-0.3, -0.25) is 4.90 Å². The van der Waals surface area contributed by atoms with Crippen molar-refractivity contribution in [1.29, 1.82) is 0 Å². The van der Waals surface area contributed by atoms with Crippen LogP contribution >= 0.6 is 23.2 Å². The average molecular weight is 366 g/mol. The van der Waals surface area contributed by atoms with Crippen LogP contribution in [0.25, 0.3) is 5.69 Å². The third-order valence-electron chi connectivity index (χ3n) is 5.28. The predicted molar refractivity (Wildman–Crippen MR) is 95.8 cm³/mol.